The van der Waals surface area contributed by atoms with E-state index in [2.05, 4.69) is 15.5 Å². The third-order valence-corrected chi connectivity index (χ3v) is 2.77. The van der Waals surface area contributed by atoms with Crippen molar-refractivity contribution in [3.63, 3.8) is 0 Å². The van der Waals surface area contributed by atoms with Gasteiger partial charge >= 0.3 is 0 Å². The maximum Gasteiger partial charge on any atom is 0.0887 e. The highest BCUT2D eigenvalue weighted by Gasteiger charge is 2.22. The van der Waals surface area contributed by atoms with Crippen molar-refractivity contribution in [2.75, 3.05) is 32.7 Å². The van der Waals surface area contributed by atoms with Gasteiger partial charge < -0.3 is 5.32 Å². The van der Waals surface area contributed by atoms with Crippen LogP contribution in [0.2, 0.25) is 0 Å². The highest BCUT2D eigenvalue weighted by Crippen LogP contribution is 2.11. The van der Waals surface area contributed by atoms with Gasteiger partial charge in [-0.2, -0.15) is 0 Å². The van der Waals surface area contributed by atoms with Crippen LogP contribution in [0.5, 0.6) is 0 Å². The summed E-state index contributed by atoms with van der Waals surface area (Å²) in [6, 6.07) is 0. The molecule has 0 amide bonds. The first-order valence-corrected chi connectivity index (χ1v) is 5.08. The summed E-state index contributed by atoms with van der Waals surface area (Å²) < 4.78 is 0. The summed E-state index contributed by atoms with van der Waals surface area (Å²) >= 11 is 0. The molecular formula is C9H18N3. The van der Waals surface area contributed by atoms with E-state index in [0.29, 0.717) is 6.17 Å². The zero-order valence-corrected chi connectivity index (χ0v) is 7.63. The predicted octanol–water partition coefficient (Wildman–Crippen LogP) is 0.00600. The first kappa shape index (κ1) is 8.48. The lowest BCUT2D eigenvalue weighted by molar-refractivity contribution is 0.120. The molecule has 0 saturated carbocycles. The van der Waals surface area contributed by atoms with Gasteiger partial charge in [0.15, 0.2) is 0 Å². The number of hydrogen-bond acceptors (Lipinski definition) is 2. The minimum Gasteiger partial charge on any atom is -0.312 e. The average Bonchev–Trinajstić information content (AvgIpc) is 2.21. The van der Waals surface area contributed by atoms with E-state index in [0.717, 1.165) is 19.6 Å². The molecule has 69 valence electrons. The third kappa shape index (κ3) is 1.97. The second-order valence-electron chi connectivity index (χ2n) is 3.69. The summed E-state index contributed by atoms with van der Waals surface area (Å²) in [6.45, 7) is 5.66. The number of nitrogens with one attached hydrogen (secondary N) is 1. The van der Waals surface area contributed by atoms with Gasteiger partial charge in [0.05, 0.1) is 6.17 Å². The summed E-state index contributed by atoms with van der Waals surface area (Å²) in [6.07, 6.45) is 4.63. The number of piperazine rings is 1. The lowest BCUT2D eigenvalue weighted by Gasteiger charge is -2.36. The third-order valence-electron chi connectivity index (χ3n) is 2.77. The molecule has 0 aromatic rings. The molecule has 12 heavy (non-hydrogen) atoms. The van der Waals surface area contributed by atoms with Crippen molar-refractivity contribution in [1.29, 1.82) is 0 Å². The number of likely N-dealkylation sites (tertiary alicyclic amines) is 1. The molecule has 1 unspecified atom stereocenters. The van der Waals surface area contributed by atoms with Crippen molar-refractivity contribution >= 4 is 0 Å². The van der Waals surface area contributed by atoms with Gasteiger partial charge in [-0.1, -0.05) is 6.42 Å². The Morgan fingerprint density at radius 3 is 2.67 bits per heavy atom. The highest BCUT2D eigenvalue weighted by atomic mass is 15.3. The summed E-state index contributed by atoms with van der Waals surface area (Å²) in [5.41, 5.74) is 0. The minimum absolute atomic E-state index is 0.485. The fourth-order valence-electron chi connectivity index (χ4n) is 2.05. The van der Waals surface area contributed by atoms with Crippen molar-refractivity contribution in [3.05, 3.63) is 0 Å². The van der Waals surface area contributed by atoms with Gasteiger partial charge in [0.25, 0.3) is 0 Å². The van der Waals surface area contributed by atoms with Gasteiger partial charge in [-0.25, -0.2) is 5.32 Å². The Morgan fingerprint density at radius 1 is 1.17 bits per heavy atom. The van der Waals surface area contributed by atoms with Crippen molar-refractivity contribution in [2.24, 2.45) is 0 Å². The molecule has 3 heteroatoms. The zero-order chi connectivity index (χ0) is 8.23. The quantitative estimate of drug-likeness (QED) is 0.597. The van der Waals surface area contributed by atoms with Crippen LogP contribution in [0.4, 0.5) is 0 Å². The Bertz CT molecular complexity index is 110. The Morgan fingerprint density at radius 2 is 2.00 bits per heavy atom. The molecular weight excluding hydrogens is 150 g/mol. The Hall–Kier alpha value is -0.120. The zero-order valence-electron chi connectivity index (χ0n) is 7.63. The van der Waals surface area contributed by atoms with Gasteiger partial charge in [-0.05, 0) is 25.9 Å². The van der Waals surface area contributed by atoms with Gasteiger partial charge in [0, 0.05) is 19.6 Å². The number of nitrogens with zero attached hydrogens (tertiary/aromatic N) is 2. The van der Waals surface area contributed by atoms with Crippen LogP contribution in [-0.2, 0) is 0 Å². The molecule has 1 radical (unpaired) electrons. The Kier molecular flexibility index (Phi) is 2.98. The minimum atomic E-state index is 0.485. The monoisotopic (exact) mass is 168 g/mol. The molecule has 1 atom stereocenters. The molecule has 1 N–H and O–H groups in total. The fraction of sp³-hybridized carbons (Fsp3) is 1.00. The van der Waals surface area contributed by atoms with Crippen LogP contribution in [0.15, 0.2) is 0 Å². The largest absolute Gasteiger partial charge is 0.312 e. The van der Waals surface area contributed by atoms with E-state index in [1.807, 2.05) is 0 Å². The van der Waals surface area contributed by atoms with Crippen molar-refractivity contribution < 1.29 is 0 Å². The second-order valence-corrected chi connectivity index (χ2v) is 3.69. The lowest BCUT2D eigenvalue weighted by atomic mass is 10.1. The van der Waals surface area contributed by atoms with Gasteiger partial charge in [0.2, 0.25) is 0 Å². The molecule has 0 aliphatic carbocycles. The molecule has 0 aromatic carbocycles. The van der Waals surface area contributed by atoms with Gasteiger partial charge in [0.1, 0.15) is 0 Å². The molecule has 2 aliphatic heterocycles. The van der Waals surface area contributed by atoms with E-state index in [1.165, 1.54) is 32.4 Å². The van der Waals surface area contributed by atoms with E-state index >= 15 is 0 Å². The van der Waals surface area contributed by atoms with Gasteiger partial charge in [-0.3, -0.25) is 4.90 Å². The predicted molar refractivity (Wildman–Crippen MR) is 49.1 cm³/mol. The normalized spacial score (nSPS) is 33.5. The van der Waals surface area contributed by atoms with Crippen molar-refractivity contribution in [1.82, 2.24) is 15.5 Å². The van der Waals surface area contributed by atoms with Crippen molar-refractivity contribution in [2.45, 2.75) is 25.4 Å². The summed E-state index contributed by atoms with van der Waals surface area (Å²) in [4.78, 5) is 2.52. The maximum absolute atomic E-state index is 4.62. The molecule has 3 nitrogen and oxygen atoms in total. The van der Waals surface area contributed by atoms with Crippen LogP contribution in [-0.4, -0.2) is 43.8 Å². The molecule has 2 rings (SSSR count). The second kappa shape index (κ2) is 4.21. The van der Waals surface area contributed by atoms with E-state index in [4.69, 9.17) is 0 Å². The fourth-order valence-corrected chi connectivity index (χ4v) is 2.05. The Labute approximate surface area is 74.5 Å². The van der Waals surface area contributed by atoms with E-state index in [-0.39, 0.29) is 0 Å². The van der Waals surface area contributed by atoms with Crippen LogP contribution >= 0.6 is 0 Å². The first-order chi connectivity index (χ1) is 5.97. The van der Waals surface area contributed by atoms with E-state index < -0.39 is 0 Å². The Balaban J connectivity index is 1.80. The van der Waals surface area contributed by atoms with Crippen molar-refractivity contribution in [3.8, 4) is 0 Å². The first-order valence-electron chi connectivity index (χ1n) is 5.08. The molecule has 2 aliphatic rings. The lowest BCUT2D eigenvalue weighted by Crippen LogP contribution is -2.54. The summed E-state index contributed by atoms with van der Waals surface area (Å²) in [5, 5.41) is 8.01. The van der Waals surface area contributed by atoms with Gasteiger partial charge in [-0.15, -0.1) is 0 Å². The smallest absolute Gasteiger partial charge is 0.0887 e. The highest BCUT2D eigenvalue weighted by molar-refractivity contribution is 4.78. The van der Waals surface area contributed by atoms with Crippen LogP contribution in [0.3, 0.4) is 0 Å². The standard InChI is InChI=1S/C9H18N3/c1-2-6-12(7-3-1)9-8-10-4-5-11-9/h9-10H,1-8H2. The van der Waals surface area contributed by atoms with Crippen LogP contribution in [0.25, 0.3) is 0 Å². The molecule has 2 saturated heterocycles. The molecule has 0 bridgehead atoms. The van der Waals surface area contributed by atoms with Crippen LogP contribution in [0.1, 0.15) is 19.3 Å². The summed E-state index contributed by atoms with van der Waals surface area (Å²) in [5.74, 6) is 0. The number of hydrogen-bond donors (Lipinski definition) is 1. The van der Waals surface area contributed by atoms with Crippen LogP contribution in [0, 0.1) is 0 Å². The van der Waals surface area contributed by atoms with E-state index in [1.54, 1.807) is 0 Å². The molecule has 2 heterocycles. The maximum atomic E-state index is 4.62. The van der Waals surface area contributed by atoms with Crippen LogP contribution < -0.4 is 10.6 Å². The molecule has 0 spiro atoms. The van der Waals surface area contributed by atoms with E-state index in [9.17, 15) is 0 Å². The molecule has 2 fully saturated rings. The molecule has 0 aromatic heterocycles. The average molecular weight is 168 g/mol. The number of piperidine rings is 1. The number of rotatable bonds is 1. The SMILES string of the molecule is C1CCN(C2CNCC[N]2)CC1. The summed E-state index contributed by atoms with van der Waals surface area (Å²) in [7, 11) is 0. The topological polar surface area (TPSA) is 29.4 Å².